The lowest BCUT2D eigenvalue weighted by Gasteiger charge is -2.20. The highest BCUT2D eigenvalue weighted by atomic mass is 32.1. The minimum atomic E-state index is -0.324. The third-order valence-electron chi connectivity index (χ3n) is 3.01. The van der Waals surface area contributed by atoms with Gasteiger partial charge in [0.1, 0.15) is 4.88 Å². The summed E-state index contributed by atoms with van der Waals surface area (Å²) in [5.41, 5.74) is 0.690. The van der Waals surface area contributed by atoms with Crippen molar-refractivity contribution in [1.29, 1.82) is 0 Å². The summed E-state index contributed by atoms with van der Waals surface area (Å²) >= 11 is 1.43. The van der Waals surface area contributed by atoms with Crippen LogP contribution in [0.4, 0.5) is 0 Å². The van der Waals surface area contributed by atoms with Gasteiger partial charge in [-0.05, 0) is 19.4 Å². The summed E-state index contributed by atoms with van der Waals surface area (Å²) in [6.07, 6.45) is 2.27. The van der Waals surface area contributed by atoms with Gasteiger partial charge in [0, 0.05) is 19.6 Å². The summed E-state index contributed by atoms with van der Waals surface area (Å²) in [7, 11) is 2.99. The number of hydrogen-bond donors (Lipinski definition) is 1. The molecule has 1 N–H and O–H groups in total. The van der Waals surface area contributed by atoms with E-state index in [0.717, 1.165) is 30.9 Å². The van der Waals surface area contributed by atoms with E-state index in [4.69, 9.17) is 9.47 Å². The molecule has 1 aliphatic heterocycles. The quantitative estimate of drug-likeness (QED) is 0.841. The Morgan fingerprint density at radius 1 is 1.56 bits per heavy atom. The molecule has 1 aliphatic rings. The van der Waals surface area contributed by atoms with Crippen molar-refractivity contribution < 1.29 is 14.3 Å². The highest BCUT2D eigenvalue weighted by molar-refractivity contribution is 7.13. The number of nitrogens with one attached hydrogen (secondary N) is 1. The molecule has 0 bridgehead atoms. The number of carbonyl (C=O) groups is 1. The van der Waals surface area contributed by atoms with E-state index < -0.39 is 0 Å². The van der Waals surface area contributed by atoms with Crippen LogP contribution in [0.1, 0.15) is 39.1 Å². The molecule has 5 nitrogen and oxygen atoms in total. The van der Waals surface area contributed by atoms with Crippen molar-refractivity contribution >= 4 is 17.3 Å². The van der Waals surface area contributed by atoms with E-state index in [-0.39, 0.29) is 5.97 Å². The Labute approximate surface area is 111 Å². The van der Waals surface area contributed by atoms with Gasteiger partial charge >= 0.3 is 5.97 Å². The van der Waals surface area contributed by atoms with Crippen LogP contribution in [0.3, 0.4) is 0 Å². The molecule has 0 saturated carbocycles. The van der Waals surface area contributed by atoms with Crippen LogP contribution in [0, 0.1) is 0 Å². The molecule has 0 radical (unpaired) electrons. The normalized spacial score (nSPS) is 19.8. The zero-order chi connectivity index (χ0) is 13.0. The molecule has 1 saturated heterocycles. The standard InChI is InChI=1S/C12H18N2O3S/c1-16-7-9-10(12(15)17-2)18-11(14-9)8-4-3-5-13-6-8/h8,13H,3-7H2,1-2H3. The number of nitrogens with zero attached hydrogens (tertiary/aromatic N) is 1. The summed E-state index contributed by atoms with van der Waals surface area (Å²) in [4.78, 5) is 16.8. The van der Waals surface area contributed by atoms with Gasteiger partial charge < -0.3 is 14.8 Å². The molecule has 6 heteroatoms. The van der Waals surface area contributed by atoms with Crippen molar-refractivity contribution in [3.05, 3.63) is 15.6 Å². The fourth-order valence-electron chi connectivity index (χ4n) is 2.09. The Bertz CT molecular complexity index is 413. The van der Waals surface area contributed by atoms with Crippen molar-refractivity contribution in [2.24, 2.45) is 0 Å². The summed E-state index contributed by atoms with van der Waals surface area (Å²) in [6, 6.07) is 0. The zero-order valence-electron chi connectivity index (χ0n) is 10.7. The number of aromatic nitrogens is 1. The number of esters is 1. The van der Waals surface area contributed by atoms with Gasteiger partial charge in [0.25, 0.3) is 0 Å². The van der Waals surface area contributed by atoms with E-state index in [9.17, 15) is 4.79 Å². The molecule has 1 aromatic rings. The molecule has 2 rings (SSSR count). The van der Waals surface area contributed by atoms with Crippen LogP contribution in [-0.4, -0.2) is 38.3 Å². The molecule has 0 aliphatic carbocycles. The number of methoxy groups -OCH3 is 2. The first-order chi connectivity index (χ1) is 8.76. The van der Waals surface area contributed by atoms with E-state index >= 15 is 0 Å². The van der Waals surface area contributed by atoms with E-state index in [1.165, 1.54) is 18.4 Å². The number of thiazole rings is 1. The van der Waals surface area contributed by atoms with Crippen molar-refractivity contribution in [3.8, 4) is 0 Å². The molecule has 0 amide bonds. The topological polar surface area (TPSA) is 60.5 Å². The van der Waals surface area contributed by atoms with E-state index in [1.807, 2.05) is 0 Å². The molecule has 1 atom stereocenters. The minimum absolute atomic E-state index is 0.324. The number of piperidine rings is 1. The zero-order valence-corrected chi connectivity index (χ0v) is 11.5. The number of hydrogen-bond acceptors (Lipinski definition) is 6. The van der Waals surface area contributed by atoms with Gasteiger partial charge in [0.05, 0.1) is 24.4 Å². The van der Waals surface area contributed by atoms with Crippen LogP contribution in [0.5, 0.6) is 0 Å². The van der Waals surface area contributed by atoms with Gasteiger partial charge in [-0.3, -0.25) is 0 Å². The summed E-state index contributed by atoms with van der Waals surface area (Å²) < 4.78 is 9.87. The Balaban J connectivity index is 2.23. The second kappa shape index (κ2) is 6.26. The van der Waals surface area contributed by atoms with E-state index in [2.05, 4.69) is 10.3 Å². The summed E-state index contributed by atoms with van der Waals surface area (Å²) in [5, 5.41) is 4.37. The summed E-state index contributed by atoms with van der Waals surface area (Å²) in [6.45, 7) is 2.35. The molecule has 100 valence electrons. The molecule has 2 heterocycles. The fraction of sp³-hybridized carbons (Fsp3) is 0.667. The molecule has 18 heavy (non-hydrogen) atoms. The highest BCUT2D eigenvalue weighted by Crippen LogP contribution is 2.30. The Morgan fingerprint density at radius 2 is 2.39 bits per heavy atom. The van der Waals surface area contributed by atoms with Gasteiger partial charge in [-0.1, -0.05) is 0 Å². The van der Waals surface area contributed by atoms with Crippen molar-refractivity contribution in [2.75, 3.05) is 27.3 Å². The first-order valence-electron chi connectivity index (χ1n) is 6.03. The molecule has 0 aromatic carbocycles. The van der Waals surface area contributed by atoms with Gasteiger partial charge in [-0.15, -0.1) is 11.3 Å². The maximum Gasteiger partial charge on any atom is 0.350 e. The lowest BCUT2D eigenvalue weighted by Crippen LogP contribution is -2.28. The average Bonchev–Trinajstić information content (AvgIpc) is 2.83. The molecule has 0 spiro atoms. The lowest BCUT2D eigenvalue weighted by atomic mass is 10.0. The first kappa shape index (κ1) is 13.5. The van der Waals surface area contributed by atoms with Gasteiger partial charge in [-0.2, -0.15) is 0 Å². The van der Waals surface area contributed by atoms with Crippen molar-refractivity contribution in [1.82, 2.24) is 10.3 Å². The number of ether oxygens (including phenoxy) is 2. The number of rotatable bonds is 4. The molecule has 1 unspecified atom stereocenters. The van der Waals surface area contributed by atoms with Crippen molar-refractivity contribution in [2.45, 2.75) is 25.4 Å². The third-order valence-corrected chi connectivity index (χ3v) is 4.25. The molecule has 1 fully saturated rings. The predicted molar refractivity (Wildman–Crippen MR) is 69.0 cm³/mol. The van der Waals surface area contributed by atoms with E-state index in [0.29, 0.717) is 23.1 Å². The van der Waals surface area contributed by atoms with Crippen LogP contribution in [0.25, 0.3) is 0 Å². The van der Waals surface area contributed by atoms with Crippen molar-refractivity contribution in [3.63, 3.8) is 0 Å². The Morgan fingerprint density at radius 3 is 3.00 bits per heavy atom. The van der Waals surface area contributed by atoms with Crippen LogP contribution < -0.4 is 5.32 Å². The van der Waals surface area contributed by atoms with Gasteiger partial charge in [0.15, 0.2) is 0 Å². The smallest absolute Gasteiger partial charge is 0.350 e. The maximum absolute atomic E-state index is 11.7. The second-order valence-corrected chi connectivity index (χ2v) is 5.33. The van der Waals surface area contributed by atoms with Crippen LogP contribution >= 0.6 is 11.3 Å². The lowest BCUT2D eigenvalue weighted by molar-refractivity contribution is 0.0601. The first-order valence-corrected chi connectivity index (χ1v) is 6.85. The average molecular weight is 270 g/mol. The highest BCUT2D eigenvalue weighted by Gasteiger charge is 2.24. The Hall–Kier alpha value is -0.980. The van der Waals surface area contributed by atoms with Crippen LogP contribution in [-0.2, 0) is 16.1 Å². The third kappa shape index (κ3) is 2.88. The molecular formula is C12H18N2O3S. The fourth-order valence-corrected chi connectivity index (χ4v) is 3.22. The maximum atomic E-state index is 11.7. The molecular weight excluding hydrogens is 252 g/mol. The van der Waals surface area contributed by atoms with E-state index in [1.54, 1.807) is 7.11 Å². The predicted octanol–water partition coefficient (Wildman–Crippen LogP) is 1.54. The van der Waals surface area contributed by atoms with Crippen LogP contribution in [0.15, 0.2) is 0 Å². The molecule has 1 aromatic heterocycles. The van der Waals surface area contributed by atoms with Crippen LogP contribution in [0.2, 0.25) is 0 Å². The summed E-state index contributed by atoms with van der Waals surface area (Å²) in [5.74, 6) is 0.0762. The second-order valence-electron chi connectivity index (χ2n) is 4.30. The van der Waals surface area contributed by atoms with Gasteiger partial charge in [0.2, 0.25) is 0 Å². The SMILES string of the molecule is COCc1nc(C2CCCNC2)sc1C(=O)OC. The minimum Gasteiger partial charge on any atom is -0.465 e. The Kier molecular flexibility index (Phi) is 4.68. The number of carbonyl (C=O) groups excluding carboxylic acids is 1. The monoisotopic (exact) mass is 270 g/mol. The van der Waals surface area contributed by atoms with Gasteiger partial charge in [-0.25, -0.2) is 9.78 Å². The largest absolute Gasteiger partial charge is 0.465 e.